The normalized spacial score (nSPS) is 12.4. The molecule has 4 N–H and O–H groups in total. The van der Waals surface area contributed by atoms with Crippen molar-refractivity contribution in [1.82, 2.24) is 0 Å². The molecule has 1 amide bonds. The molecule has 15 heavy (non-hydrogen) atoms. The van der Waals surface area contributed by atoms with E-state index < -0.39 is 12.0 Å². The van der Waals surface area contributed by atoms with Crippen molar-refractivity contribution in [3.63, 3.8) is 0 Å². The van der Waals surface area contributed by atoms with Gasteiger partial charge in [0.05, 0.1) is 11.7 Å². The monoisotopic (exact) mass is 273 g/mol. The first-order valence-electron chi connectivity index (χ1n) is 4.43. The summed E-state index contributed by atoms with van der Waals surface area (Å²) in [6, 6.07) is 4.33. The minimum Gasteiger partial charge on any atom is -0.507 e. The van der Waals surface area contributed by atoms with Gasteiger partial charge in [0.2, 0.25) is 0 Å². The zero-order valence-corrected chi connectivity index (χ0v) is 9.57. The van der Waals surface area contributed by atoms with Gasteiger partial charge in [-0.1, -0.05) is 22.0 Å². The number of carbonyl (C=O) groups is 1. The molecule has 0 aromatic heterocycles. The predicted molar refractivity (Wildman–Crippen MR) is 60.0 cm³/mol. The van der Waals surface area contributed by atoms with E-state index in [-0.39, 0.29) is 11.3 Å². The van der Waals surface area contributed by atoms with Crippen LogP contribution in [0.15, 0.2) is 18.2 Å². The largest absolute Gasteiger partial charge is 0.507 e. The Morgan fingerprint density at radius 2 is 2.20 bits per heavy atom. The Kier molecular flexibility index (Phi) is 4.11. The molecule has 1 aromatic carbocycles. The summed E-state index contributed by atoms with van der Waals surface area (Å²) in [6.45, 7) is 0. The van der Waals surface area contributed by atoms with Crippen molar-refractivity contribution in [2.75, 3.05) is 5.33 Å². The van der Waals surface area contributed by atoms with Crippen molar-refractivity contribution >= 4 is 21.8 Å². The molecule has 0 spiro atoms. The standard InChI is InChI=1S/C10H12BrNO3/c11-4-3-8(13)6-1-2-9(14)7(5-6)10(12)15/h1-2,5,8,13-14H,3-4H2,(H2,12,15). The second-order valence-electron chi connectivity index (χ2n) is 3.13. The second kappa shape index (κ2) is 5.14. The van der Waals surface area contributed by atoms with Crippen LogP contribution in [0.1, 0.15) is 28.4 Å². The Bertz CT molecular complexity index is 368. The highest BCUT2D eigenvalue weighted by Gasteiger charge is 2.12. The SMILES string of the molecule is NC(=O)c1cc(C(O)CCBr)ccc1O. The number of phenols is 1. The van der Waals surface area contributed by atoms with Crippen LogP contribution in [0.4, 0.5) is 0 Å². The molecule has 0 bridgehead atoms. The van der Waals surface area contributed by atoms with Crippen LogP contribution in [-0.2, 0) is 0 Å². The van der Waals surface area contributed by atoms with Crippen molar-refractivity contribution < 1.29 is 15.0 Å². The van der Waals surface area contributed by atoms with Crippen molar-refractivity contribution in [2.24, 2.45) is 5.73 Å². The molecule has 0 fully saturated rings. The number of hydrogen-bond acceptors (Lipinski definition) is 3. The van der Waals surface area contributed by atoms with Gasteiger partial charge in [-0.15, -0.1) is 0 Å². The fourth-order valence-corrected chi connectivity index (χ4v) is 1.66. The number of hydrogen-bond donors (Lipinski definition) is 3. The Balaban J connectivity index is 3.02. The van der Waals surface area contributed by atoms with Gasteiger partial charge in [-0.05, 0) is 24.1 Å². The van der Waals surface area contributed by atoms with Crippen LogP contribution in [-0.4, -0.2) is 21.5 Å². The summed E-state index contributed by atoms with van der Waals surface area (Å²) < 4.78 is 0. The van der Waals surface area contributed by atoms with E-state index in [9.17, 15) is 15.0 Å². The first-order valence-corrected chi connectivity index (χ1v) is 5.55. The van der Waals surface area contributed by atoms with E-state index in [1.807, 2.05) is 0 Å². The van der Waals surface area contributed by atoms with Crippen molar-refractivity contribution in [2.45, 2.75) is 12.5 Å². The molecule has 1 rings (SSSR count). The maximum absolute atomic E-state index is 10.9. The summed E-state index contributed by atoms with van der Waals surface area (Å²) >= 11 is 3.21. The molecule has 0 aliphatic rings. The van der Waals surface area contributed by atoms with E-state index in [2.05, 4.69) is 15.9 Å². The topological polar surface area (TPSA) is 83.6 Å². The average Bonchev–Trinajstić information content (AvgIpc) is 2.18. The third kappa shape index (κ3) is 2.94. The quantitative estimate of drug-likeness (QED) is 0.724. The molecule has 4 nitrogen and oxygen atoms in total. The Morgan fingerprint density at radius 1 is 1.53 bits per heavy atom. The van der Waals surface area contributed by atoms with Gasteiger partial charge in [-0.3, -0.25) is 4.79 Å². The summed E-state index contributed by atoms with van der Waals surface area (Å²) in [6.07, 6.45) is -0.133. The zero-order chi connectivity index (χ0) is 11.4. The maximum atomic E-state index is 10.9. The van der Waals surface area contributed by atoms with Crippen molar-refractivity contribution in [3.8, 4) is 5.75 Å². The van der Waals surface area contributed by atoms with Crippen LogP contribution in [0.2, 0.25) is 0 Å². The fraction of sp³-hybridized carbons (Fsp3) is 0.300. The fourth-order valence-electron chi connectivity index (χ4n) is 1.23. The lowest BCUT2D eigenvalue weighted by molar-refractivity contribution is 0.0997. The number of rotatable bonds is 4. The van der Waals surface area contributed by atoms with Gasteiger partial charge in [-0.2, -0.15) is 0 Å². The third-order valence-electron chi connectivity index (χ3n) is 2.05. The van der Waals surface area contributed by atoms with Crippen molar-refractivity contribution in [3.05, 3.63) is 29.3 Å². The third-order valence-corrected chi connectivity index (χ3v) is 2.51. The molecule has 5 heteroatoms. The summed E-state index contributed by atoms with van der Waals surface area (Å²) in [5.41, 5.74) is 5.67. The number of alkyl halides is 1. The number of nitrogens with two attached hydrogens (primary N) is 1. The molecule has 0 saturated carbocycles. The maximum Gasteiger partial charge on any atom is 0.252 e. The van der Waals surface area contributed by atoms with Crippen LogP contribution in [0.5, 0.6) is 5.75 Å². The van der Waals surface area contributed by atoms with Gasteiger partial charge < -0.3 is 15.9 Å². The number of aliphatic hydroxyl groups excluding tert-OH is 1. The van der Waals surface area contributed by atoms with E-state index in [1.54, 1.807) is 6.07 Å². The van der Waals surface area contributed by atoms with Gasteiger partial charge in [0.25, 0.3) is 5.91 Å². The number of halogens is 1. The number of aliphatic hydroxyl groups is 1. The highest BCUT2D eigenvalue weighted by Crippen LogP contribution is 2.24. The van der Waals surface area contributed by atoms with Crippen LogP contribution in [0.3, 0.4) is 0 Å². The summed E-state index contributed by atoms with van der Waals surface area (Å²) in [7, 11) is 0. The number of aromatic hydroxyl groups is 1. The molecule has 1 unspecified atom stereocenters. The lowest BCUT2D eigenvalue weighted by atomic mass is 10.0. The van der Waals surface area contributed by atoms with Gasteiger partial charge in [-0.25, -0.2) is 0 Å². The minimum absolute atomic E-state index is 0.0288. The number of primary amides is 1. The van der Waals surface area contributed by atoms with E-state index in [0.29, 0.717) is 17.3 Å². The number of benzene rings is 1. The Labute approximate surface area is 95.8 Å². The molecule has 1 atom stereocenters. The average molecular weight is 274 g/mol. The van der Waals surface area contributed by atoms with E-state index in [4.69, 9.17) is 5.73 Å². The smallest absolute Gasteiger partial charge is 0.252 e. The molecule has 0 heterocycles. The molecule has 0 saturated heterocycles. The summed E-state index contributed by atoms with van der Waals surface area (Å²) in [4.78, 5) is 10.9. The van der Waals surface area contributed by atoms with Gasteiger partial charge in [0.15, 0.2) is 0 Å². The van der Waals surface area contributed by atoms with Gasteiger partial charge >= 0.3 is 0 Å². The summed E-state index contributed by atoms with van der Waals surface area (Å²) in [5, 5.41) is 19.6. The van der Waals surface area contributed by atoms with E-state index in [1.165, 1.54) is 12.1 Å². The van der Waals surface area contributed by atoms with Crippen LogP contribution >= 0.6 is 15.9 Å². The minimum atomic E-state index is -0.708. The number of carbonyl (C=O) groups excluding carboxylic acids is 1. The molecular weight excluding hydrogens is 262 g/mol. The predicted octanol–water partition coefficient (Wildman–Crippen LogP) is 1.31. The van der Waals surface area contributed by atoms with E-state index in [0.717, 1.165) is 0 Å². The molecule has 0 aliphatic carbocycles. The van der Waals surface area contributed by atoms with Crippen molar-refractivity contribution in [1.29, 1.82) is 0 Å². The molecule has 0 radical (unpaired) electrons. The zero-order valence-electron chi connectivity index (χ0n) is 7.98. The first kappa shape index (κ1) is 12.0. The molecule has 1 aromatic rings. The molecular formula is C10H12BrNO3. The second-order valence-corrected chi connectivity index (χ2v) is 3.93. The first-order chi connectivity index (χ1) is 7.06. The highest BCUT2D eigenvalue weighted by molar-refractivity contribution is 9.09. The van der Waals surface area contributed by atoms with Gasteiger partial charge in [0.1, 0.15) is 5.75 Å². The Morgan fingerprint density at radius 3 is 2.73 bits per heavy atom. The lowest BCUT2D eigenvalue weighted by Gasteiger charge is -2.10. The molecule has 82 valence electrons. The van der Waals surface area contributed by atoms with Crippen LogP contribution in [0, 0.1) is 0 Å². The van der Waals surface area contributed by atoms with E-state index >= 15 is 0 Å². The molecule has 0 aliphatic heterocycles. The highest BCUT2D eigenvalue weighted by atomic mass is 79.9. The van der Waals surface area contributed by atoms with Gasteiger partial charge in [0, 0.05) is 5.33 Å². The summed E-state index contributed by atoms with van der Waals surface area (Å²) in [5.74, 6) is -0.877. The number of amides is 1. The van der Waals surface area contributed by atoms with Crippen LogP contribution < -0.4 is 5.73 Å². The Hall–Kier alpha value is -1.07. The lowest BCUT2D eigenvalue weighted by Crippen LogP contribution is -2.12. The van der Waals surface area contributed by atoms with Crippen LogP contribution in [0.25, 0.3) is 0 Å².